The highest BCUT2D eigenvalue weighted by atomic mass is 35.5. The van der Waals surface area contributed by atoms with Gasteiger partial charge in [-0.2, -0.15) is 0 Å². The maximum Gasteiger partial charge on any atom is 0.410 e. The van der Waals surface area contributed by atoms with E-state index in [4.69, 9.17) is 27.9 Å². The highest BCUT2D eigenvalue weighted by Crippen LogP contribution is 2.35. The van der Waals surface area contributed by atoms with Crippen molar-refractivity contribution in [2.75, 3.05) is 13.1 Å². The number of benzene rings is 2. The molecule has 1 aliphatic heterocycles. The molecule has 1 amide bonds. The van der Waals surface area contributed by atoms with Gasteiger partial charge in [0, 0.05) is 35.2 Å². The zero-order valence-corrected chi connectivity index (χ0v) is 20.5. The number of carbonyl (C=O) groups is 1. The Morgan fingerprint density at radius 1 is 1.00 bits per heavy atom. The molecule has 2 aromatic rings. The van der Waals surface area contributed by atoms with Crippen LogP contribution in [0.5, 0.6) is 0 Å². The molecule has 1 aliphatic rings. The van der Waals surface area contributed by atoms with E-state index in [-0.39, 0.29) is 24.2 Å². The Hall–Kier alpha value is -1.75. The van der Waals surface area contributed by atoms with Gasteiger partial charge < -0.3 is 9.64 Å². The molecule has 1 heterocycles. The van der Waals surface area contributed by atoms with Gasteiger partial charge in [-0.25, -0.2) is 4.79 Å². The lowest BCUT2D eigenvalue weighted by Crippen LogP contribution is -2.60. The Morgan fingerprint density at radius 2 is 1.48 bits per heavy atom. The van der Waals surface area contributed by atoms with E-state index in [1.807, 2.05) is 49.9 Å². The van der Waals surface area contributed by atoms with Gasteiger partial charge in [0.2, 0.25) is 0 Å². The molecule has 3 rings (SSSR count). The summed E-state index contributed by atoms with van der Waals surface area (Å²) in [5.41, 5.74) is 1.83. The molecule has 0 N–H and O–H groups in total. The Morgan fingerprint density at radius 3 is 1.90 bits per heavy atom. The van der Waals surface area contributed by atoms with Gasteiger partial charge in [-0.1, -0.05) is 54.4 Å². The summed E-state index contributed by atoms with van der Waals surface area (Å²) in [5, 5.41) is 1.43. The van der Waals surface area contributed by atoms with Crippen LogP contribution in [0, 0.1) is 0 Å². The van der Waals surface area contributed by atoms with Gasteiger partial charge in [-0.3, -0.25) is 4.90 Å². The molecule has 0 saturated carbocycles. The van der Waals surface area contributed by atoms with Gasteiger partial charge in [0.25, 0.3) is 0 Å². The highest BCUT2D eigenvalue weighted by Gasteiger charge is 2.39. The SMILES string of the molecule is CC[C@@H]1CN(C(=O)OC(C)(C)C)[C@@H](C)CN1C(c1ccc(Cl)cc1)c1ccc(Cl)cc1. The standard InChI is InChI=1S/C25H32Cl2N2O2/c1-6-22-16-28(24(30)31-25(3,4)5)17(2)15-29(22)23(18-7-11-20(26)12-8-18)19-9-13-21(27)14-10-19/h7-14,17,22-23H,6,15-16H2,1-5H3/t17-,22+/m0/s1. The predicted octanol–water partition coefficient (Wildman–Crippen LogP) is 6.80. The van der Waals surface area contributed by atoms with Crippen molar-refractivity contribution >= 4 is 29.3 Å². The zero-order valence-electron chi connectivity index (χ0n) is 18.9. The Kier molecular flexibility index (Phi) is 7.56. The second-order valence-electron chi connectivity index (χ2n) is 9.25. The van der Waals surface area contributed by atoms with Gasteiger partial charge >= 0.3 is 6.09 Å². The summed E-state index contributed by atoms with van der Waals surface area (Å²) in [6.45, 7) is 11.3. The fraction of sp³-hybridized carbons (Fsp3) is 0.480. The normalized spacial score (nSPS) is 20.2. The Bertz CT molecular complexity index is 832. The predicted molar refractivity (Wildman–Crippen MR) is 128 cm³/mol. The molecule has 1 fully saturated rings. The fourth-order valence-corrected chi connectivity index (χ4v) is 4.44. The summed E-state index contributed by atoms with van der Waals surface area (Å²) >= 11 is 12.3. The first-order valence-electron chi connectivity index (χ1n) is 10.9. The lowest BCUT2D eigenvalue weighted by molar-refractivity contribution is -0.0201. The van der Waals surface area contributed by atoms with Gasteiger partial charge in [0.1, 0.15) is 5.60 Å². The third-order valence-corrected chi connectivity index (χ3v) is 6.19. The van der Waals surface area contributed by atoms with E-state index in [1.165, 1.54) is 11.1 Å². The topological polar surface area (TPSA) is 32.8 Å². The number of amides is 1. The number of halogens is 2. The number of piperazine rings is 1. The molecule has 4 nitrogen and oxygen atoms in total. The van der Waals surface area contributed by atoms with Crippen molar-refractivity contribution in [2.45, 2.75) is 64.8 Å². The molecule has 0 unspecified atom stereocenters. The summed E-state index contributed by atoms with van der Waals surface area (Å²) in [5.74, 6) is 0. The summed E-state index contributed by atoms with van der Waals surface area (Å²) in [7, 11) is 0. The number of nitrogens with zero attached hydrogens (tertiary/aromatic N) is 2. The molecule has 1 saturated heterocycles. The number of ether oxygens (including phenoxy) is 1. The molecular formula is C25H32Cl2N2O2. The largest absolute Gasteiger partial charge is 0.444 e. The van der Waals surface area contributed by atoms with E-state index in [0.717, 1.165) is 13.0 Å². The molecule has 6 heteroatoms. The molecular weight excluding hydrogens is 431 g/mol. The average molecular weight is 463 g/mol. The van der Waals surface area contributed by atoms with Crippen molar-refractivity contribution in [2.24, 2.45) is 0 Å². The summed E-state index contributed by atoms with van der Waals surface area (Å²) < 4.78 is 5.67. The molecule has 168 valence electrons. The third-order valence-electron chi connectivity index (χ3n) is 5.69. The lowest BCUT2D eigenvalue weighted by atomic mass is 9.92. The Labute approximate surface area is 196 Å². The number of carbonyl (C=O) groups excluding carboxylic acids is 1. The van der Waals surface area contributed by atoms with Crippen LogP contribution >= 0.6 is 23.2 Å². The van der Waals surface area contributed by atoms with Crippen LogP contribution in [-0.2, 0) is 4.74 Å². The van der Waals surface area contributed by atoms with Gasteiger partial charge in [0.15, 0.2) is 0 Å². The van der Waals surface area contributed by atoms with Crippen LogP contribution in [0.4, 0.5) is 4.79 Å². The molecule has 0 aliphatic carbocycles. The van der Waals surface area contributed by atoms with Crippen LogP contribution in [0.25, 0.3) is 0 Å². The van der Waals surface area contributed by atoms with E-state index in [1.54, 1.807) is 0 Å². The van der Waals surface area contributed by atoms with E-state index in [2.05, 4.69) is 43.0 Å². The molecule has 0 aromatic heterocycles. The second kappa shape index (κ2) is 9.81. The molecule has 2 atom stereocenters. The molecule has 31 heavy (non-hydrogen) atoms. The second-order valence-corrected chi connectivity index (χ2v) is 10.1. The summed E-state index contributed by atoms with van der Waals surface area (Å²) in [6, 6.07) is 16.3. The van der Waals surface area contributed by atoms with Crippen molar-refractivity contribution in [3.8, 4) is 0 Å². The van der Waals surface area contributed by atoms with E-state index in [9.17, 15) is 4.79 Å². The maximum atomic E-state index is 12.8. The summed E-state index contributed by atoms with van der Waals surface area (Å²) in [6.07, 6.45) is 0.677. The van der Waals surface area contributed by atoms with Crippen LogP contribution < -0.4 is 0 Å². The van der Waals surface area contributed by atoms with Crippen LogP contribution in [0.3, 0.4) is 0 Å². The first-order chi connectivity index (χ1) is 14.6. The molecule has 0 bridgehead atoms. The van der Waals surface area contributed by atoms with Crippen molar-refractivity contribution in [1.82, 2.24) is 9.80 Å². The smallest absolute Gasteiger partial charge is 0.410 e. The third kappa shape index (κ3) is 5.94. The number of hydrogen-bond donors (Lipinski definition) is 0. The molecule has 0 radical (unpaired) electrons. The van der Waals surface area contributed by atoms with Crippen LogP contribution in [0.1, 0.15) is 58.2 Å². The quantitative estimate of drug-likeness (QED) is 0.500. The van der Waals surface area contributed by atoms with E-state index >= 15 is 0 Å². The minimum atomic E-state index is -0.509. The molecule has 0 spiro atoms. The van der Waals surface area contributed by atoms with Crippen molar-refractivity contribution in [1.29, 1.82) is 0 Å². The highest BCUT2D eigenvalue weighted by molar-refractivity contribution is 6.30. The maximum absolute atomic E-state index is 12.8. The summed E-state index contributed by atoms with van der Waals surface area (Å²) in [4.78, 5) is 17.2. The van der Waals surface area contributed by atoms with E-state index < -0.39 is 5.60 Å². The van der Waals surface area contributed by atoms with Crippen LogP contribution in [-0.4, -0.2) is 46.7 Å². The first-order valence-corrected chi connectivity index (χ1v) is 11.6. The minimum absolute atomic E-state index is 0.0275. The van der Waals surface area contributed by atoms with Gasteiger partial charge in [-0.15, -0.1) is 0 Å². The fourth-order valence-electron chi connectivity index (χ4n) is 4.19. The van der Waals surface area contributed by atoms with Gasteiger partial charge in [0.05, 0.1) is 6.04 Å². The zero-order chi connectivity index (χ0) is 22.8. The number of hydrogen-bond acceptors (Lipinski definition) is 3. The average Bonchev–Trinajstić information content (AvgIpc) is 2.70. The lowest BCUT2D eigenvalue weighted by Gasteiger charge is -2.48. The molecule has 2 aromatic carbocycles. The minimum Gasteiger partial charge on any atom is -0.444 e. The van der Waals surface area contributed by atoms with E-state index in [0.29, 0.717) is 16.6 Å². The van der Waals surface area contributed by atoms with Crippen LogP contribution in [0.2, 0.25) is 10.0 Å². The van der Waals surface area contributed by atoms with Crippen molar-refractivity contribution in [3.63, 3.8) is 0 Å². The monoisotopic (exact) mass is 462 g/mol. The number of rotatable bonds is 4. The van der Waals surface area contributed by atoms with Crippen LogP contribution in [0.15, 0.2) is 48.5 Å². The Balaban J connectivity index is 1.94. The first kappa shape index (κ1) is 23.9. The van der Waals surface area contributed by atoms with Crippen molar-refractivity contribution in [3.05, 3.63) is 69.7 Å². The van der Waals surface area contributed by atoms with Gasteiger partial charge in [-0.05, 0) is 69.5 Å². The van der Waals surface area contributed by atoms with Crippen molar-refractivity contribution < 1.29 is 9.53 Å².